The number of hydrogen-bond acceptors (Lipinski definition) is 8. The molecule has 0 spiro atoms. The number of urea groups is 1. The predicted molar refractivity (Wildman–Crippen MR) is 98.6 cm³/mol. The van der Waals surface area contributed by atoms with Gasteiger partial charge in [0.15, 0.2) is 5.82 Å². The fourth-order valence-corrected chi connectivity index (χ4v) is 2.43. The fourth-order valence-electron chi connectivity index (χ4n) is 2.43. The maximum Gasteiger partial charge on any atom is 0.326 e. The third-order valence-electron chi connectivity index (χ3n) is 3.99. The molecule has 0 saturated heterocycles. The summed E-state index contributed by atoms with van der Waals surface area (Å²) in [5, 5.41) is 17.7. The highest BCUT2D eigenvalue weighted by Gasteiger charge is 2.28. The van der Waals surface area contributed by atoms with Crippen LogP contribution in [0, 0.1) is 5.92 Å². The van der Waals surface area contributed by atoms with Crippen molar-refractivity contribution in [3.05, 3.63) is 11.7 Å². The number of unbranched alkanes of at least 4 members (excludes halogenated alkanes) is 1. The summed E-state index contributed by atoms with van der Waals surface area (Å²) in [6.45, 7) is 3.85. The van der Waals surface area contributed by atoms with E-state index in [2.05, 4.69) is 20.8 Å². The molecule has 28 heavy (non-hydrogen) atoms. The molecular formula is C16H29N7O5. The average Bonchev–Trinajstić information content (AvgIpc) is 3.08. The number of amides is 3. The van der Waals surface area contributed by atoms with Gasteiger partial charge in [-0.05, 0) is 25.3 Å². The van der Waals surface area contributed by atoms with Crippen molar-refractivity contribution in [2.45, 2.75) is 57.7 Å². The van der Waals surface area contributed by atoms with Crippen molar-refractivity contribution in [1.29, 1.82) is 0 Å². The number of rotatable bonds is 12. The van der Waals surface area contributed by atoms with Crippen molar-refractivity contribution in [2.24, 2.45) is 23.1 Å². The molecule has 0 aliphatic heterocycles. The van der Waals surface area contributed by atoms with Gasteiger partial charge in [-0.2, -0.15) is 4.98 Å². The molecule has 0 radical (unpaired) electrons. The number of carboxylic acid groups (broad SMARTS) is 1. The number of carbonyl (C=O) groups is 3. The Hall–Kier alpha value is -2.73. The molecule has 0 fully saturated rings. The number of carbonyl (C=O) groups excluding carboxylic acids is 2. The number of nitrogens with one attached hydrogen (secondary N) is 2. The minimum absolute atomic E-state index is 0.0466. The third-order valence-corrected chi connectivity index (χ3v) is 3.99. The van der Waals surface area contributed by atoms with Crippen molar-refractivity contribution in [2.75, 3.05) is 6.54 Å². The summed E-state index contributed by atoms with van der Waals surface area (Å²) in [6.07, 6.45) is 1.89. The lowest BCUT2D eigenvalue weighted by Crippen LogP contribution is -2.49. The first-order chi connectivity index (χ1) is 13.1. The second-order valence-electron chi connectivity index (χ2n) is 6.78. The van der Waals surface area contributed by atoms with Crippen LogP contribution in [-0.4, -0.2) is 45.7 Å². The van der Waals surface area contributed by atoms with E-state index in [0.29, 0.717) is 13.0 Å². The maximum absolute atomic E-state index is 12.2. The molecule has 0 aromatic carbocycles. The predicted octanol–water partition coefficient (Wildman–Crippen LogP) is -0.477. The van der Waals surface area contributed by atoms with E-state index < -0.39 is 36.0 Å². The quantitative estimate of drug-likeness (QED) is 0.250. The van der Waals surface area contributed by atoms with E-state index in [1.54, 1.807) is 13.8 Å². The summed E-state index contributed by atoms with van der Waals surface area (Å²) in [7, 11) is 0. The summed E-state index contributed by atoms with van der Waals surface area (Å²) < 4.78 is 5.12. The summed E-state index contributed by atoms with van der Waals surface area (Å²) >= 11 is 0. The van der Waals surface area contributed by atoms with Crippen LogP contribution in [0.4, 0.5) is 4.79 Å². The van der Waals surface area contributed by atoms with E-state index >= 15 is 0 Å². The van der Waals surface area contributed by atoms with Gasteiger partial charge >= 0.3 is 12.0 Å². The van der Waals surface area contributed by atoms with E-state index in [1.165, 1.54) is 0 Å². The molecule has 0 aliphatic carbocycles. The summed E-state index contributed by atoms with van der Waals surface area (Å²) in [4.78, 5) is 38.9. The molecule has 12 nitrogen and oxygen atoms in total. The van der Waals surface area contributed by atoms with Crippen LogP contribution in [-0.2, 0) is 9.59 Å². The van der Waals surface area contributed by atoms with Gasteiger partial charge in [-0.1, -0.05) is 25.4 Å². The van der Waals surface area contributed by atoms with Crippen molar-refractivity contribution in [1.82, 2.24) is 20.8 Å². The van der Waals surface area contributed by atoms with Crippen LogP contribution >= 0.6 is 0 Å². The lowest BCUT2D eigenvalue weighted by Gasteiger charge is -2.20. The Morgan fingerprint density at radius 3 is 2.43 bits per heavy atom. The second-order valence-corrected chi connectivity index (χ2v) is 6.78. The summed E-state index contributed by atoms with van der Waals surface area (Å²) in [5.74, 6) is -2.06. The number of carboxylic acids is 1. The molecule has 158 valence electrons. The molecule has 12 heteroatoms. The second kappa shape index (κ2) is 11.2. The van der Waals surface area contributed by atoms with Crippen molar-refractivity contribution >= 4 is 17.9 Å². The van der Waals surface area contributed by atoms with E-state index in [9.17, 15) is 14.4 Å². The molecule has 3 amide bonds. The number of primary amides is 1. The molecule has 0 bridgehead atoms. The van der Waals surface area contributed by atoms with Gasteiger partial charge < -0.3 is 37.5 Å². The molecule has 1 aromatic rings. The third kappa shape index (κ3) is 7.48. The lowest BCUT2D eigenvalue weighted by molar-refractivity contribution is -0.140. The Bertz CT molecular complexity index is 664. The summed E-state index contributed by atoms with van der Waals surface area (Å²) in [5.41, 5.74) is 16.7. The van der Waals surface area contributed by atoms with Crippen LogP contribution in [0.5, 0.6) is 0 Å². The lowest BCUT2D eigenvalue weighted by atomic mass is 10.1. The Labute approximate surface area is 162 Å². The van der Waals surface area contributed by atoms with Crippen LogP contribution in [0.1, 0.15) is 63.3 Å². The van der Waals surface area contributed by atoms with E-state index in [1.807, 2.05) is 0 Å². The van der Waals surface area contributed by atoms with Gasteiger partial charge in [0.2, 0.25) is 11.8 Å². The van der Waals surface area contributed by atoms with Gasteiger partial charge in [0.25, 0.3) is 0 Å². The number of nitrogens with two attached hydrogens (primary N) is 3. The minimum atomic E-state index is -1.18. The Morgan fingerprint density at radius 2 is 1.89 bits per heavy atom. The Balaban J connectivity index is 2.84. The first kappa shape index (κ1) is 23.3. The first-order valence-electron chi connectivity index (χ1n) is 9.03. The molecular weight excluding hydrogens is 370 g/mol. The van der Waals surface area contributed by atoms with E-state index in [4.69, 9.17) is 26.8 Å². The van der Waals surface area contributed by atoms with E-state index in [0.717, 1.165) is 12.8 Å². The van der Waals surface area contributed by atoms with Crippen LogP contribution in [0.15, 0.2) is 4.52 Å². The van der Waals surface area contributed by atoms with Crippen molar-refractivity contribution in [3.63, 3.8) is 0 Å². The monoisotopic (exact) mass is 399 g/mol. The fraction of sp³-hybridized carbons (Fsp3) is 0.688. The van der Waals surface area contributed by atoms with E-state index in [-0.39, 0.29) is 24.1 Å². The largest absolute Gasteiger partial charge is 0.480 e. The zero-order chi connectivity index (χ0) is 21.3. The summed E-state index contributed by atoms with van der Waals surface area (Å²) in [6, 6.07) is -3.41. The number of hydrogen-bond donors (Lipinski definition) is 6. The number of nitrogens with zero attached hydrogens (tertiary/aromatic N) is 2. The smallest absolute Gasteiger partial charge is 0.326 e. The van der Waals surface area contributed by atoms with Crippen LogP contribution in [0.25, 0.3) is 0 Å². The normalized spacial score (nSPS) is 14.3. The SMILES string of the molecule is CC(C)[C@H](NC(=O)N[C@@H](CC(N)=O)c1nc([C@@H](N)CCCCN)no1)C(=O)O. The van der Waals surface area contributed by atoms with Crippen LogP contribution in [0.3, 0.4) is 0 Å². The van der Waals surface area contributed by atoms with Gasteiger partial charge in [-0.15, -0.1) is 0 Å². The first-order valence-corrected chi connectivity index (χ1v) is 9.03. The molecule has 3 atom stereocenters. The topological polar surface area (TPSA) is 212 Å². The van der Waals surface area contributed by atoms with Gasteiger partial charge in [0.05, 0.1) is 12.5 Å². The van der Waals surface area contributed by atoms with Gasteiger partial charge in [-0.3, -0.25) is 4.79 Å². The molecule has 0 unspecified atom stereocenters. The number of aliphatic carboxylic acids is 1. The zero-order valence-corrected chi connectivity index (χ0v) is 16.1. The highest BCUT2D eigenvalue weighted by atomic mass is 16.5. The average molecular weight is 399 g/mol. The molecule has 9 N–H and O–H groups in total. The maximum atomic E-state index is 12.2. The highest BCUT2D eigenvalue weighted by Crippen LogP contribution is 2.19. The standard InChI is InChI=1S/C16H29N7O5/c1-8(2)12(15(25)26)21-16(27)20-10(7-11(19)24)14-22-13(23-28-14)9(18)5-3-4-6-17/h8-10,12H,3-7,17-18H2,1-2H3,(H2,19,24)(H,25,26)(H2,20,21,27)/t9-,10-,12-/m0/s1. The Morgan fingerprint density at radius 1 is 1.21 bits per heavy atom. The zero-order valence-electron chi connectivity index (χ0n) is 16.1. The molecule has 0 saturated carbocycles. The minimum Gasteiger partial charge on any atom is -0.480 e. The molecule has 1 aromatic heterocycles. The van der Waals surface area contributed by atoms with Gasteiger partial charge in [-0.25, -0.2) is 9.59 Å². The van der Waals surface area contributed by atoms with Crippen LogP contribution in [0.2, 0.25) is 0 Å². The van der Waals surface area contributed by atoms with Crippen molar-refractivity contribution in [3.8, 4) is 0 Å². The van der Waals surface area contributed by atoms with Crippen LogP contribution < -0.4 is 27.8 Å². The highest BCUT2D eigenvalue weighted by molar-refractivity contribution is 5.83. The molecule has 1 rings (SSSR count). The van der Waals surface area contributed by atoms with Crippen molar-refractivity contribution < 1.29 is 24.0 Å². The van der Waals surface area contributed by atoms with Gasteiger partial charge in [0, 0.05) is 0 Å². The Kier molecular flexibility index (Phi) is 9.32. The molecule has 0 aliphatic rings. The molecule has 1 heterocycles. The number of aromatic nitrogens is 2. The van der Waals surface area contributed by atoms with Gasteiger partial charge in [0.1, 0.15) is 12.1 Å².